The van der Waals surface area contributed by atoms with Gasteiger partial charge in [-0.2, -0.15) is 5.10 Å². The van der Waals surface area contributed by atoms with Crippen LogP contribution in [0.25, 0.3) is 55.8 Å². The number of nitrogens with zero attached hydrogens (tertiary/aromatic N) is 5. The molecule has 9 nitrogen and oxygen atoms in total. The van der Waals surface area contributed by atoms with Gasteiger partial charge in [-0.25, -0.2) is 9.97 Å². The van der Waals surface area contributed by atoms with Crippen molar-refractivity contribution in [3.63, 3.8) is 0 Å². The molecule has 38 heavy (non-hydrogen) atoms. The van der Waals surface area contributed by atoms with Crippen molar-refractivity contribution >= 4 is 33.7 Å². The second kappa shape index (κ2) is 9.19. The molecule has 3 N–H and O–H groups in total. The van der Waals surface area contributed by atoms with E-state index in [0.717, 1.165) is 75.8 Å². The van der Waals surface area contributed by atoms with Gasteiger partial charge in [-0.1, -0.05) is 18.9 Å². The number of fused-ring (bicyclic) bond motifs is 2. The maximum Gasteiger partial charge on any atom is 0.227 e. The van der Waals surface area contributed by atoms with Gasteiger partial charge in [0.1, 0.15) is 16.9 Å². The summed E-state index contributed by atoms with van der Waals surface area (Å²) in [6.45, 7) is 0. The van der Waals surface area contributed by atoms with E-state index in [1.54, 1.807) is 24.8 Å². The predicted molar refractivity (Wildman–Crippen MR) is 146 cm³/mol. The molecule has 1 saturated carbocycles. The van der Waals surface area contributed by atoms with E-state index >= 15 is 0 Å². The topological polar surface area (TPSA) is 125 Å². The van der Waals surface area contributed by atoms with Gasteiger partial charge >= 0.3 is 0 Å². The van der Waals surface area contributed by atoms with Crippen LogP contribution in [-0.4, -0.2) is 41.0 Å². The van der Waals surface area contributed by atoms with Gasteiger partial charge in [0.25, 0.3) is 0 Å². The molecule has 1 fully saturated rings. The van der Waals surface area contributed by atoms with E-state index in [0.29, 0.717) is 11.4 Å². The summed E-state index contributed by atoms with van der Waals surface area (Å²) in [6, 6.07) is 13.8. The number of rotatable bonds is 5. The fourth-order valence-corrected chi connectivity index (χ4v) is 5.26. The Labute approximate surface area is 217 Å². The number of carbonyl (C=O) groups is 1. The molecule has 0 aromatic carbocycles. The number of amides is 1. The normalized spacial score (nSPS) is 13.9. The van der Waals surface area contributed by atoms with Crippen LogP contribution in [0.2, 0.25) is 0 Å². The number of H-pyrrole nitrogens is 2. The second-order valence-corrected chi connectivity index (χ2v) is 9.64. The van der Waals surface area contributed by atoms with Crippen LogP contribution in [0.15, 0.2) is 73.4 Å². The van der Waals surface area contributed by atoms with E-state index in [1.165, 1.54) is 0 Å². The Kier molecular flexibility index (Phi) is 5.39. The van der Waals surface area contributed by atoms with Crippen LogP contribution in [0, 0.1) is 5.92 Å². The van der Waals surface area contributed by atoms with Gasteiger partial charge in [-0.05, 0) is 54.8 Å². The Hall–Kier alpha value is -4.92. The van der Waals surface area contributed by atoms with Crippen LogP contribution in [0.1, 0.15) is 25.7 Å². The van der Waals surface area contributed by atoms with E-state index in [-0.39, 0.29) is 11.8 Å². The van der Waals surface area contributed by atoms with Crippen molar-refractivity contribution in [3.8, 4) is 33.8 Å². The zero-order chi connectivity index (χ0) is 25.5. The van der Waals surface area contributed by atoms with Crippen LogP contribution in [0.5, 0.6) is 0 Å². The minimum atomic E-state index is 0.0695. The summed E-state index contributed by atoms with van der Waals surface area (Å²) in [5.74, 6) is 0.158. The summed E-state index contributed by atoms with van der Waals surface area (Å²) in [6.07, 6.45) is 13.0. The van der Waals surface area contributed by atoms with Crippen LogP contribution in [0.3, 0.4) is 0 Å². The Morgan fingerprint density at radius 3 is 2.71 bits per heavy atom. The summed E-state index contributed by atoms with van der Waals surface area (Å²) >= 11 is 0. The molecule has 0 unspecified atom stereocenters. The van der Waals surface area contributed by atoms with Crippen molar-refractivity contribution in [2.24, 2.45) is 5.92 Å². The number of carbonyl (C=O) groups excluding carboxylic acids is 1. The van der Waals surface area contributed by atoms with E-state index in [2.05, 4.69) is 41.5 Å². The fourth-order valence-electron chi connectivity index (χ4n) is 5.26. The van der Waals surface area contributed by atoms with Gasteiger partial charge in [0.05, 0.1) is 28.8 Å². The molecule has 0 atom stereocenters. The molecule has 6 aromatic rings. The molecular weight excluding hydrogens is 476 g/mol. The Morgan fingerprint density at radius 2 is 1.84 bits per heavy atom. The van der Waals surface area contributed by atoms with Crippen LogP contribution < -0.4 is 5.32 Å². The van der Waals surface area contributed by atoms with Crippen molar-refractivity contribution in [3.05, 3.63) is 73.4 Å². The number of nitrogens with one attached hydrogen (secondary N) is 3. The first kappa shape index (κ1) is 22.3. The quantitative estimate of drug-likeness (QED) is 0.277. The van der Waals surface area contributed by atoms with Crippen molar-refractivity contribution in [1.29, 1.82) is 0 Å². The van der Waals surface area contributed by atoms with Crippen LogP contribution in [-0.2, 0) is 4.79 Å². The van der Waals surface area contributed by atoms with E-state index in [1.807, 2.05) is 42.6 Å². The number of pyridine rings is 4. The SMILES string of the molecule is O=C(Nc1cncc(-c2ccc3[nH]nc(-c4cc5c(-c6cccnc6)ccnc5[nH]4)c3n2)c1)C1CCCC1. The molecular formula is C29H24N8O. The molecule has 6 aromatic heterocycles. The summed E-state index contributed by atoms with van der Waals surface area (Å²) in [4.78, 5) is 34.1. The van der Waals surface area contributed by atoms with Gasteiger partial charge in [-0.15, -0.1) is 0 Å². The number of hydrogen-bond donors (Lipinski definition) is 3. The number of anilines is 1. The standard InChI is InChI=1S/C29H24N8O/c38-29(17-4-1-2-5-17)33-20-12-19(15-31-16-20)23-7-8-24-26(34-23)27(37-36-24)25-13-22-21(9-11-32-28(22)35-25)18-6-3-10-30-14-18/h3,6-17H,1-2,4-5H2,(H,32,35)(H,33,38)(H,36,37). The molecule has 7 rings (SSSR count). The highest BCUT2D eigenvalue weighted by Crippen LogP contribution is 2.33. The molecule has 6 heterocycles. The summed E-state index contributed by atoms with van der Waals surface area (Å²) in [5, 5.41) is 11.7. The maximum absolute atomic E-state index is 12.6. The largest absolute Gasteiger partial charge is 0.338 e. The number of aromatic nitrogens is 7. The highest BCUT2D eigenvalue weighted by atomic mass is 16.1. The predicted octanol–water partition coefficient (Wildman–Crippen LogP) is 5.75. The van der Waals surface area contributed by atoms with Gasteiger partial charge in [0.2, 0.25) is 5.91 Å². The summed E-state index contributed by atoms with van der Waals surface area (Å²) < 4.78 is 0. The van der Waals surface area contributed by atoms with Crippen LogP contribution in [0.4, 0.5) is 5.69 Å². The molecule has 0 saturated heterocycles. The smallest absolute Gasteiger partial charge is 0.227 e. The molecule has 0 spiro atoms. The molecule has 186 valence electrons. The lowest BCUT2D eigenvalue weighted by Gasteiger charge is -2.11. The molecule has 1 aliphatic carbocycles. The lowest BCUT2D eigenvalue weighted by Crippen LogP contribution is -2.20. The summed E-state index contributed by atoms with van der Waals surface area (Å²) in [7, 11) is 0. The number of hydrogen-bond acceptors (Lipinski definition) is 6. The van der Waals surface area contributed by atoms with E-state index < -0.39 is 0 Å². The third-order valence-corrected chi connectivity index (χ3v) is 7.19. The molecule has 1 aliphatic rings. The summed E-state index contributed by atoms with van der Waals surface area (Å²) in [5.41, 5.74) is 8.15. The van der Waals surface area contributed by atoms with Crippen molar-refractivity contribution in [2.45, 2.75) is 25.7 Å². The van der Waals surface area contributed by atoms with Crippen molar-refractivity contribution in [2.75, 3.05) is 5.32 Å². The molecule has 0 radical (unpaired) electrons. The first-order valence-electron chi connectivity index (χ1n) is 12.7. The van der Waals surface area contributed by atoms with Gasteiger partial charge in [-0.3, -0.25) is 19.9 Å². The van der Waals surface area contributed by atoms with Crippen molar-refractivity contribution in [1.82, 2.24) is 35.1 Å². The van der Waals surface area contributed by atoms with Crippen molar-refractivity contribution < 1.29 is 4.79 Å². The Morgan fingerprint density at radius 1 is 0.947 bits per heavy atom. The fraction of sp³-hybridized carbons (Fsp3) is 0.172. The third kappa shape index (κ3) is 3.98. The molecule has 0 bridgehead atoms. The Balaban J connectivity index is 1.25. The Bertz CT molecular complexity index is 1780. The average molecular weight is 501 g/mol. The highest BCUT2D eigenvalue weighted by molar-refractivity contribution is 5.99. The lowest BCUT2D eigenvalue weighted by molar-refractivity contribution is -0.119. The van der Waals surface area contributed by atoms with Crippen LogP contribution >= 0.6 is 0 Å². The van der Waals surface area contributed by atoms with Gasteiger partial charge in [0.15, 0.2) is 0 Å². The molecule has 0 aliphatic heterocycles. The van der Waals surface area contributed by atoms with E-state index in [9.17, 15) is 4.79 Å². The minimum Gasteiger partial charge on any atom is -0.338 e. The van der Waals surface area contributed by atoms with Gasteiger partial charge in [0, 0.05) is 47.2 Å². The zero-order valence-electron chi connectivity index (χ0n) is 20.5. The number of aromatic amines is 2. The monoisotopic (exact) mass is 500 g/mol. The maximum atomic E-state index is 12.6. The first-order valence-corrected chi connectivity index (χ1v) is 12.7. The zero-order valence-corrected chi connectivity index (χ0v) is 20.5. The van der Waals surface area contributed by atoms with E-state index in [4.69, 9.17) is 4.98 Å². The third-order valence-electron chi connectivity index (χ3n) is 7.19. The second-order valence-electron chi connectivity index (χ2n) is 9.64. The average Bonchev–Trinajstić information content (AvgIpc) is 3.73. The van der Waals surface area contributed by atoms with Gasteiger partial charge < -0.3 is 10.3 Å². The molecule has 1 amide bonds. The minimum absolute atomic E-state index is 0.0695. The molecule has 9 heteroatoms. The first-order chi connectivity index (χ1) is 18.7. The lowest BCUT2D eigenvalue weighted by atomic mass is 10.1. The highest BCUT2D eigenvalue weighted by Gasteiger charge is 2.23.